The molecule has 1 saturated heterocycles. The molecule has 1 aliphatic heterocycles. The van der Waals surface area contributed by atoms with E-state index in [1.54, 1.807) is 12.1 Å². The molecule has 0 aliphatic carbocycles. The van der Waals surface area contributed by atoms with E-state index in [1.165, 1.54) is 16.4 Å². The molecule has 2 aromatic rings. The van der Waals surface area contributed by atoms with Crippen LogP contribution in [-0.4, -0.2) is 56.5 Å². The largest absolute Gasteiger partial charge is 0.477 e. The van der Waals surface area contributed by atoms with Crippen molar-refractivity contribution in [1.29, 1.82) is 0 Å². The lowest BCUT2D eigenvalue weighted by atomic mass is 10.1. The number of nitro benzene ring substituents is 1. The van der Waals surface area contributed by atoms with Gasteiger partial charge in [-0.15, -0.1) is 0 Å². The summed E-state index contributed by atoms with van der Waals surface area (Å²) in [6, 6.07) is 8.91. The predicted molar refractivity (Wildman–Crippen MR) is 113 cm³/mol. The molecular weight excluding hydrogens is 426 g/mol. The molecule has 0 radical (unpaired) electrons. The van der Waals surface area contributed by atoms with Gasteiger partial charge in [-0.25, -0.2) is 8.42 Å². The number of amides is 1. The smallest absolute Gasteiger partial charge is 0.312 e. The Hall–Kier alpha value is -3.02. The van der Waals surface area contributed by atoms with Crippen molar-refractivity contribution in [2.75, 3.05) is 38.2 Å². The zero-order chi connectivity index (χ0) is 22.6. The van der Waals surface area contributed by atoms with E-state index >= 15 is 0 Å². The van der Waals surface area contributed by atoms with E-state index < -0.39 is 33.1 Å². The number of benzene rings is 2. The van der Waals surface area contributed by atoms with Gasteiger partial charge in [0, 0.05) is 24.8 Å². The highest BCUT2D eigenvalue weighted by molar-refractivity contribution is 7.89. The van der Waals surface area contributed by atoms with E-state index in [-0.39, 0.29) is 36.9 Å². The fourth-order valence-electron chi connectivity index (χ4n) is 3.25. The minimum absolute atomic E-state index is 0.174. The van der Waals surface area contributed by atoms with Gasteiger partial charge in [-0.2, -0.15) is 4.31 Å². The number of rotatable bonds is 7. The molecule has 0 spiro atoms. The number of sulfonamides is 1. The lowest BCUT2D eigenvalue weighted by molar-refractivity contribution is -0.386. The Kier molecular flexibility index (Phi) is 6.88. The fourth-order valence-corrected chi connectivity index (χ4v) is 4.67. The molecule has 0 unspecified atom stereocenters. The number of carbonyl (C=O) groups excluding carboxylic acids is 1. The molecule has 0 atom stereocenters. The first-order valence-corrected chi connectivity index (χ1v) is 11.0. The van der Waals surface area contributed by atoms with Crippen molar-refractivity contribution < 1.29 is 27.6 Å². The fraction of sp³-hybridized carbons (Fsp3) is 0.350. The van der Waals surface area contributed by atoms with Crippen LogP contribution in [0.5, 0.6) is 5.75 Å². The van der Waals surface area contributed by atoms with Crippen molar-refractivity contribution in [2.24, 2.45) is 0 Å². The van der Waals surface area contributed by atoms with Gasteiger partial charge in [-0.1, -0.05) is 6.07 Å². The number of ether oxygens (including phenoxy) is 2. The zero-order valence-corrected chi connectivity index (χ0v) is 18.0. The highest BCUT2D eigenvalue weighted by Crippen LogP contribution is 2.31. The molecule has 1 amide bonds. The molecule has 31 heavy (non-hydrogen) atoms. The monoisotopic (exact) mass is 449 g/mol. The summed E-state index contributed by atoms with van der Waals surface area (Å²) in [7, 11) is -3.90. The van der Waals surface area contributed by atoms with Crippen LogP contribution in [0.3, 0.4) is 0 Å². The van der Waals surface area contributed by atoms with Gasteiger partial charge >= 0.3 is 5.69 Å². The first-order valence-electron chi connectivity index (χ1n) is 9.54. The van der Waals surface area contributed by atoms with Gasteiger partial charge < -0.3 is 14.8 Å². The van der Waals surface area contributed by atoms with Gasteiger partial charge in [0.1, 0.15) is 0 Å². The number of nitro groups is 1. The SMILES string of the molecule is Cc1cc(C)cc(NC(=O)COc2ccc(S(=O)(=O)N3CCOCC3)cc2[N+](=O)[O-])c1. The van der Waals surface area contributed by atoms with Crippen LogP contribution in [0.1, 0.15) is 11.1 Å². The molecule has 11 heteroatoms. The summed E-state index contributed by atoms with van der Waals surface area (Å²) in [6.07, 6.45) is 0. The average molecular weight is 449 g/mol. The zero-order valence-electron chi connectivity index (χ0n) is 17.2. The number of nitrogens with zero attached hydrogens (tertiary/aromatic N) is 2. The minimum Gasteiger partial charge on any atom is -0.477 e. The third kappa shape index (κ3) is 5.57. The number of hydrogen-bond acceptors (Lipinski definition) is 7. The number of aryl methyl sites for hydroxylation is 2. The van der Waals surface area contributed by atoms with E-state index in [9.17, 15) is 23.3 Å². The molecule has 3 rings (SSSR count). The van der Waals surface area contributed by atoms with Crippen molar-refractivity contribution in [1.82, 2.24) is 4.31 Å². The van der Waals surface area contributed by atoms with Gasteiger partial charge in [-0.05, 0) is 49.2 Å². The Balaban J connectivity index is 1.74. The van der Waals surface area contributed by atoms with Crippen LogP contribution in [0.4, 0.5) is 11.4 Å². The standard InChI is InChI=1S/C20H23N3O7S/c1-14-9-15(2)11-16(10-14)21-20(24)13-30-19-4-3-17(12-18(19)23(25)26)31(27,28)22-5-7-29-8-6-22/h3-4,9-12H,5-8,13H2,1-2H3,(H,21,24). The summed E-state index contributed by atoms with van der Waals surface area (Å²) in [4.78, 5) is 22.7. The second-order valence-corrected chi connectivity index (χ2v) is 9.05. The molecule has 2 aromatic carbocycles. The Morgan fingerprint density at radius 2 is 1.81 bits per heavy atom. The van der Waals surface area contributed by atoms with Crippen molar-refractivity contribution in [3.8, 4) is 5.75 Å². The van der Waals surface area contributed by atoms with Crippen LogP contribution >= 0.6 is 0 Å². The molecule has 10 nitrogen and oxygen atoms in total. The summed E-state index contributed by atoms with van der Waals surface area (Å²) in [6.45, 7) is 4.20. The third-order valence-corrected chi connectivity index (χ3v) is 6.49. The highest BCUT2D eigenvalue weighted by Gasteiger charge is 2.29. The molecular formula is C20H23N3O7S. The molecule has 0 saturated carbocycles. The van der Waals surface area contributed by atoms with Crippen molar-refractivity contribution in [2.45, 2.75) is 18.7 Å². The number of anilines is 1. The second-order valence-electron chi connectivity index (χ2n) is 7.12. The normalized spacial score (nSPS) is 14.8. The summed E-state index contributed by atoms with van der Waals surface area (Å²) in [5.74, 6) is -0.689. The van der Waals surface area contributed by atoms with Crippen LogP contribution in [0.2, 0.25) is 0 Å². The van der Waals surface area contributed by atoms with E-state index in [1.807, 2.05) is 19.9 Å². The number of nitrogens with one attached hydrogen (secondary N) is 1. The van der Waals surface area contributed by atoms with Crippen LogP contribution < -0.4 is 10.1 Å². The molecule has 1 aliphatic rings. The van der Waals surface area contributed by atoms with E-state index in [2.05, 4.69) is 5.32 Å². The molecule has 0 aromatic heterocycles. The van der Waals surface area contributed by atoms with Gasteiger partial charge in [-0.3, -0.25) is 14.9 Å². The Labute approximate surface area is 180 Å². The van der Waals surface area contributed by atoms with Crippen LogP contribution in [0, 0.1) is 24.0 Å². The molecule has 1 N–H and O–H groups in total. The number of carbonyl (C=O) groups is 1. The Bertz CT molecular complexity index is 1080. The van der Waals surface area contributed by atoms with Gasteiger partial charge in [0.2, 0.25) is 10.0 Å². The number of hydrogen-bond donors (Lipinski definition) is 1. The van der Waals surface area contributed by atoms with Gasteiger partial charge in [0.05, 0.1) is 23.0 Å². The van der Waals surface area contributed by atoms with Gasteiger partial charge in [0.15, 0.2) is 12.4 Å². The lowest BCUT2D eigenvalue weighted by Gasteiger charge is -2.26. The van der Waals surface area contributed by atoms with Crippen LogP contribution in [-0.2, 0) is 19.6 Å². The molecule has 1 fully saturated rings. The maximum absolute atomic E-state index is 12.7. The van der Waals surface area contributed by atoms with Gasteiger partial charge in [0.25, 0.3) is 5.91 Å². The highest BCUT2D eigenvalue weighted by atomic mass is 32.2. The Morgan fingerprint density at radius 1 is 1.16 bits per heavy atom. The van der Waals surface area contributed by atoms with Crippen LogP contribution in [0.15, 0.2) is 41.3 Å². The lowest BCUT2D eigenvalue weighted by Crippen LogP contribution is -2.40. The molecule has 1 heterocycles. The van der Waals surface area contributed by atoms with Crippen molar-refractivity contribution >= 4 is 27.3 Å². The topological polar surface area (TPSA) is 128 Å². The van der Waals surface area contributed by atoms with Crippen molar-refractivity contribution in [3.05, 3.63) is 57.6 Å². The summed E-state index contributed by atoms with van der Waals surface area (Å²) >= 11 is 0. The summed E-state index contributed by atoms with van der Waals surface area (Å²) in [5, 5.41) is 14.2. The minimum atomic E-state index is -3.90. The van der Waals surface area contributed by atoms with Crippen molar-refractivity contribution in [3.63, 3.8) is 0 Å². The summed E-state index contributed by atoms with van der Waals surface area (Å²) in [5.41, 5.74) is 2.01. The Morgan fingerprint density at radius 3 is 2.42 bits per heavy atom. The third-order valence-electron chi connectivity index (χ3n) is 4.60. The summed E-state index contributed by atoms with van der Waals surface area (Å²) < 4.78 is 37.2. The number of morpholine rings is 1. The average Bonchev–Trinajstić information content (AvgIpc) is 2.72. The first-order chi connectivity index (χ1) is 14.7. The van der Waals surface area contributed by atoms with E-state index in [0.717, 1.165) is 17.2 Å². The maximum Gasteiger partial charge on any atom is 0.312 e. The van der Waals surface area contributed by atoms with E-state index in [4.69, 9.17) is 9.47 Å². The van der Waals surface area contributed by atoms with Crippen LogP contribution in [0.25, 0.3) is 0 Å². The second kappa shape index (κ2) is 9.41. The first kappa shape index (κ1) is 22.7. The molecule has 166 valence electrons. The predicted octanol–water partition coefficient (Wildman–Crippen LogP) is 2.25. The maximum atomic E-state index is 12.7. The van der Waals surface area contributed by atoms with E-state index in [0.29, 0.717) is 5.69 Å². The quantitative estimate of drug-likeness (QED) is 0.507. The molecule has 0 bridgehead atoms.